The zero-order valence-electron chi connectivity index (χ0n) is 39.8. The fourth-order valence-electron chi connectivity index (χ4n) is 15.2. The van der Waals surface area contributed by atoms with E-state index in [1.165, 1.54) is 12.5 Å². The first-order valence-corrected chi connectivity index (χ1v) is 24.5. The lowest BCUT2D eigenvalue weighted by Crippen LogP contribution is -2.68. The summed E-state index contributed by atoms with van der Waals surface area (Å²) in [5, 5.41) is 130. The van der Waals surface area contributed by atoms with Crippen molar-refractivity contribution < 1.29 is 94.5 Å². The van der Waals surface area contributed by atoms with E-state index in [9.17, 15) is 61.3 Å². The molecular formula is C48H78O19. The second-order valence-corrected chi connectivity index (χ2v) is 22.9. The summed E-state index contributed by atoms with van der Waals surface area (Å²) in [6, 6.07) is 0. The second-order valence-electron chi connectivity index (χ2n) is 22.9. The van der Waals surface area contributed by atoms with Crippen LogP contribution in [-0.2, 0) is 33.2 Å². The molecule has 67 heavy (non-hydrogen) atoms. The molecule has 3 saturated heterocycles. The smallest absolute Gasteiger partial charge is 0.315 e. The Morgan fingerprint density at radius 1 is 0.701 bits per heavy atom. The minimum Gasteiger partial charge on any atom is -0.432 e. The molecule has 7 fully saturated rings. The maximum Gasteiger partial charge on any atom is 0.315 e. The average molecular weight is 959 g/mol. The molecule has 0 spiro atoms. The summed E-state index contributed by atoms with van der Waals surface area (Å²) in [5.41, 5.74) is -1.64. The van der Waals surface area contributed by atoms with Gasteiger partial charge >= 0.3 is 5.97 Å². The fraction of sp³-hybridized carbons (Fsp3) is 0.938. The molecule has 0 bridgehead atoms. The summed E-state index contributed by atoms with van der Waals surface area (Å²) in [4.78, 5) is 15.0. The van der Waals surface area contributed by atoms with Crippen LogP contribution in [0.25, 0.3) is 0 Å². The lowest BCUT2D eigenvalue weighted by atomic mass is 9.33. The Balaban J connectivity index is 0.985. The Hall–Kier alpha value is -1.47. The normalized spacial score (nSPS) is 56.7. The van der Waals surface area contributed by atoms with Crippen molar-refractivity contribution in [2.24, 2.45) is 56.7 Å². The van der Waals surface area contributed by atoms with Crippen molar-refractivity contribution in [1.29, 1.82) is 0 Å². The lowest BCUT2D eigenvalue weighted by molar-refractivity contribution is -0.361. The van der Waals surface area contributed by atoms with Gasteiger partial charge in [-0.25, -0.2) is 0 Å². The van der Waals surface area contributed by atoms with Crippen LogP contribution in [-0.4, -0.2) is 191 Å². The molecule has 0 amide bonds. The molecular weight excluding hydrogens is 881 g/mol. The maximum atomic E-state index is 15.0. The van der Waals surface area contributed by atoms with Gasteiger partial charge in [0.2, 0.25) is 6.29 Å². The topological polar surface area (TPSA) is 315 Å². The van der Waals surface area contributed by atoms with Crippen LogP contribution in [0.3, 0.4) is 0 Å². The van der Waals surface area contributed by atoms with Gasteiger partial charge in [0, 0.05) is 5.41 Å². The van der Waals surface area contributed by atoms with E-state index in [-0.39, 0.29) is 52.4 Å². The van der Waals surface area contributed by atoms with Gasteiger partial charge in [-0.3, -0.25) is 4.79 Å². The van der Waals surface area contributed by atoms with Crippen molar-refractivity contribution in [1.82, 2.24) is 0 Å². The van der Waals surface area contributed by atoms with Crippen LogP contribution in [0.1, 0.15) is 99.8 Å². The Kier molecular flexibility index (Phi) is 14.4. The summed E-state index contributed by atoms with van der Waals surface area (Å²) >= 11 is 0. The van der Waals surface area contributed by atoms with Gasteiger partial charge in [0.05, 0.1) is 43.5 Å². The third-order valence-corrected chi connectivity index (χ3v) is 19.7. The standard InChI is InChI=1S/C48H78O19/c1-20-10-13-48(15-14-46(6)23(29(48)21(20)2)8-9-28-44(4)16-24(51)39(60)45(5,19-50)27(44)11-12-47(28,46)7)43(61)67-42-36(58)33(55)31(53)26(65-42)18-62-40-37(59)34(56)38(25(17-49)64-40)66-41-35(57)32(54)30(52)22(3)63-41/h8,20-22,24-42,49-60H,9-19H2,1-7H3/t20-,21+,22-,24-,25-,26+,27+,28+,29+,30-,31+,32+,33-,34-,35-,36-,37-,38-,39-,40-,41+,42+,44+,45+,46-,47-,48+/m1/s1. The van der Waals surface area contributed by atoms with Crippen LogP contribution in [0, 0.1) is 56.7 Å². The first-order valence-electron chi connectivity index (χ1n) is 24.5. The Morgan fingerprint density at radius 3 is 2.01 bits per heavy atom. The minimum atomic E-state index is -1.86. The summed E-state index contributed by atoms with van der Waals surface area (Å²) < 4.78 is 34.7. The van der Waals surface area contributed by atoms with E-state index < -0.39 is 134 Å². The van der Waals surface area contributed by atoms with Crippen LogP contribution >= 0.6 is 0 Å². The van der Waals surface area contributed by atoms with E-state index >= 15 is 4.79 Å². The minimum absolute atomic E-state index is 0.0112. The van der Waals surface area contributed by atoms with Crippen molar-refractivity contribution in [2.45, 2.75) is 204 Å². The molecule has 3 aliphatic heterocycles. The van der Waals surface area contributed by atoms with Crippen molar-refractivity contribution in [3.63, 3.8) is 0 Å². The highest BCUT2D eigenvalue weighted by molar-refractivity contribution is 5.79. The number of carbonyl (C=O) groups excluding carboxylic acids is 1. The Bertz CT molecular complexity index is 1820. The quantitative estimate of drug-likeness (QED) is 0.0971. The van der Waals surface area contributed by atoms with Crippen molar-refractivity contribution >= 4 is 5.97 Å². The molecule has 4 saturated carbocycles. The zero-order chi connectivity index (χ0) is 49.1. The summed E-state index contributed by atoms with van der Waals surface area (Å²) in [6.45, 7) is 13.0. The van der Waals surface area contributed by atoms with E-state index in [1.807, 2.05) is 6.92 Å². The van der Waals surface area contributed by atoms with Gasteiger partial charge in [-0.2, -0.15) is 0 Å². The van der Waals surface area contributed by atoms with Gasteiger partial charge in [-0.15, -0.1) is 0 Å². The summed E-state index contributed by atoms with van der Waals surface area (Å²) in [7, 11) is 0. The van der Waals surface area contributed by atoms with Crippen LogP contribution in [0.15, 0.2) is 11.6 Å². The van der Waals surface area contributed by atoms with E-state index in [1.54, 1.807) is 0 Å². The number of aliphatic hydroxyl groups is 12. The van der Waals surface area contributed by atoms with Gasteiger partial charge in [0.15, 0.2) is 12.6 Å². The predicted molar refractivity (Wildman–Crippen MR) is 231 cm³/mol. The molecule has 27 atom stereocenters. The monoisotopic (exact) mass is 959 g/mol. The highest BCUT2D eigenvalue weighted by Crippen LogP contribution is 2.76. The van der Waals surface area contributed by atoms with E-state index in [0.717, 1.165) is 19.3 Å². The molecule has 0 unspecified atom stereocenters. The maximum absolute atomic E-state index is 15.0. The Labute approximate surface area is 392 Å². The third kappa shape index (κ3) is 7.92. The third-order valence-electron chi connectivity index (χ3n) is 19.7. The van der Waals surface area contributed by atoms with Crippen molar-refractivity contribution in [2.75, 3.05) is 19.8 Å². The predicted octanol–water partition coefficient (Wildman–Crippen LogP) is -1.03. The number of rotatable bonds is 9. The van der Waals surface area contributed by atoms with Crippen LogP contribution in [0.2, 0.25) is 0 Å². The number of ether oxygens (including phenoxy) is 6. The average Bonchev–Trinajstić information content (AvgIpc) is 3.29. The molecule has 8 aliphatic rings. The van der Waals surface area contributed by atoms with Gasteiger partial charge in [0.1, 0.15) is 67.1 Å². The number of aliphatic hydroxyl groups excluding tert-OH is 12. The fourth-order valence-corrected chi connectivity index (χ4v) is 15.2. The van der Waals surface area contributed by atoms with E-state index in [0.29, 0.717) is 32.1 Å². The molecule has 0 radical (unpaired) electrons. The van der Waals surface area contributed by atoms with E-state index in [4.69, 9.17) is 28.4 Å². The molecule has 0 aromatic rings. The summed E-state index contributed by atoms with van der Waals surface area (Å²) in [5.74, 6) is -0.386. The molecule has 12 N–H and O–H groups in total. The molecule has 0 aromatic heterocycles. The van der Waals surface area contributed by atoms with Gasteiger partial charge in [0.25, 0.3) is 0 Å². The number of carbonyl (C=O) groups is 1. The zero-order valence-corrected chi connectivity index (χ0v) is 39.8. The molecule has 19 nitrogen and oxygen atoms in total. The van der Waals surface area contributed by atoms with Crippen molar-refractivity contribution in [3.05, 3.63) is 11.6 Å². The number of hydrogen-bond acceptors (Lipinski definition) is 19. The van der Waals surface area contributed by atoms with Gasteiger partial charge in [-0.1, -0.05) is 53.2 Å². The Morgan fingerprint density at radius 2 is 1.34 bits per heavy atom. The second kappa shape index (κ2) is 18.5. The van der Waals surface area contributed by atoms with E-state index in [2.05, 4.69) is 40.7 Å². The first-order chi connectivity index (χ1) is 31.4. The molecule has 8 rings (SSSR count). The molecule has 3 heterocycles. The number of fused-ring (bicyclic) bond motifs is 7. The highest BCUT2D eigenvalue weighted by Gasteiger charge is 2.71. The molecule has 5 aliphatic carbocycles. The van der Waals surface area contributed by atoms with Crippen LogP contribution in [0.5, 0.6) is 0 Å². The lowest BCUT2D eigenvalue weighted by Gasteiger charge is -2.71. The van der Waals surface area contributed by atoms with Crippen LogP contribution < -0.4 is 0 Å². The number of esters is 1. The molecule has 384 valence electrons. The largest absolute Gasteiger partial charge is 0.432 e. The highest BCUT2D eigenvalue weighted by atomic mass is 16.8. The van der Waals surface area contributed by atoms with Crippen molar-refractivity contribution in [3.8, 4) is 0 Å². The molecule has 0 aromatic carbocycles. The van der Waals surface area contributed by atoms with Gasteiger partial charge in [-0.05, 0) is 104 Å². The molecule has 19 heteroatoms. The SMILES string of the molecule is C[C@H]1[C@H](C)CC[C@]2(C(=O)O[C@@H]3O[C@@H](CO[C@@H]4O[C@H](CO)[C@@H](O[C@@H]5O[C@H](C)[C@@H](O)[C@H](O)[C@H]5O)[C@H](O)[C@H]4O)[C@H](O)[C@@H](O)[C@H]3O)CC[C@]3(C)C(=CC[C@H]4[C@@]5(C)C[C@@H](O)[C@@H](O)[C@@](C)(CO)[C@H]5CC[C@]43C)[C@H]12. The number of hydrogen-bond donors (Lipinski definition) is 12. The van der Waals surface area contributed by atoms with Gasteiger partial charge < -0.3 is 89.7 Å². The number of allylic oxidation sites excluding steroid dienone is 2. The first kappa shape index (κ1) is 51.9. The van der Waals surface area contributed by atoms with Crippen LogP contribution in [0.4, 0.5) is 0 Å². The summed E-state index contributed by atoms with van der Waals surface area (Å²) in [6.07, 6.45) is -18.9.